The Hall–Kier alpha value is -1.47. The largest absolute Gasteiger partial charge is 0.573 e. The average Bonchev–Trinajstić information content (AvgIpc) is 2.84. The fraction of sp³-hybridized carbons (Fsp3) is 0.647. The van der Waals surface area contributed by atoms with E-state index in [1.807, 2.05) is 6.07 Å². The molecule has 1 aliphatic carbocycles. The number of alkyl halides is 3. The third-order valence-corrected chi connectivity index (χ3v) is 5.53. The Labute approximate surface area is 139 Å². The van der Waals surface area contributed by atoms with E-state index < -0.39 is 6.36 Å². The molecule has 0 radical (unpaired) electrons. The molecule has 2 fully saturated rings. The Morgan fingerprint density at radius 3 is 2.67 bits per heavy atom. The van der Waals surface area contributed by atoms with Crippen LogP contribution in [-0.4, -0.2) is 44.0 Å². The lowest BCUT2D eigenvalue weighted by Gasteiger charge is -2.44. The number of nitrogens with zero attached hydrogens (tertiary/aromatic N) is 1. The summed E-state index contributed by atoms with van der Waals surface area (Å²) in [6, 6.07) is 5.32. The van der Waals surface area contributed by atoms with Gasteiger partial charge in [-0.05, 0) is 57.0 Å². The average molecular weight is 344 g/mol. The lowest BCUT2D eigenvalue weighted by atomic mass is 9.65. The summed E-state index contributed by atoms with van der Waals surface area (Å²) in [4.78, 5) is 2.27. The van der Waals surface area contributed by atoms with E-state index in [0.717, 1.165) is 37.8 Å². The molecule has 3 atom stereocenters. The molecule has 1 heterocycles. The molecular formula is C17H23F3N2O2. The van der Waals surface area contributed by atoms with Crippen molar-refractivity contribution in [3.63, 3.8) is 0 Å². The molecule has 1 aliphatic heterocycles. The highest BCUT2D eigenvalue weighted by Crippen LogP contribution is 2.49. The second-order valence-corrected chi connectivity index (χ2v) is 6.85. The number of ether oxygens (including phenoxy) is 2. The lowest BCUT2D eigenvalue weighted by molar-refractivity contribution is -0.275. The molecule has 3 unspecified atom stereocenters. The van der Waals surface area contributed by atoms with Crippen LogP contribution in [0.2, 0.25) is 0 Å². The summed E-state index contributed by atoms with van der Waals surface area (Å²) in [5.41, 5.74) is 6.84. The van der Waals surface area contributed by atoms with Crippen LogP contribution >= 0.6 is 0 Å². The van der Waals surface area contributed by atoms with Gasteiger partial charge in [0.25, 0.3) is 0 Å². The van der Waals surface area contributed by atoms with Gasteiger partial charge < -0.3 is 20.1 Å². The molecule has 2 N–H and O–H groups in total. The van der Waals surface area contributed by atoms with Crippen LogP contribution in [0.25, 0.3) is 0 Å². The van der Waals surface area contributed by atoms with Crippen molar-refractivity contribution in [1.29, 1.82) is 0 Å². The summed E-state index contributed by atoms with van der Waals surface area (Å²) < 4.78 is 47.3. The van der Waals surface area contributed by atoms with Gasteiger partial charge in [-0.3, -0.25) is 0 Å². The first-order valence-corrected chi connectivity index (χ1v) is 8.15. The quantitative estimate of drug-likeness (QED) is 0.916. The second-order valence-electron chi connectivity index (χ2n) is 6.85. The van der Waals surface area contributed by atoms with Crippen LogP contribution in [-0.2, 0) is 5.41 Å². The Bertz CT molecular complexity index is 608. The molecule has 0 amide bonds. The predicted molar refractivity (Wildman–Crippen MR) is 84.2 cm³/mol. The molecule has 1 saturated carbocycles. The number of likely N-dealkylation sites (tertiary alicyclic amines) is 1. The SMILES string of the molecule is COc1ccc(C23CCC(N)CC2N(C)CC3)cc1OC(F)(F)F. The van der Waals surface area contributed by atoms with Crippen LogP contribution in [0.5, 0.6) is 11.5 Å². The van der Waals surface area contributed by atoms with E-state index in [9.17, 15) is 13.2 Å². The van der Waals surface area contributed by atoms with Crippen molar-refractivity contribution in [1.82, 2.24) is 4.90 Å². The number of hydrogen-bond donors (Lipinski definition) is 1. The van der Waals surface area contributed by atoms with Crippen molar-refractivity contribution in [2.75, 3.05) is 20.7 Å². The Morgan fingerprint density at radius 2 is 2.00 bits per heavy atom. The Morgan fingerprint density at radius 1 is 1.25 bits per heavy atom. The number of methoxy groups -OCH3 is 1. The van der Waals surface area contributed by atoms with Crippen LogP contribution in [0.3, 0.4) is 0 Å². The van der Waals surface area contributed by atoms with Crippen molar-refractivity contribution in [3.8, 4) is 11.5 Å². The molecule has 0 bridgehead atoms. The highest BCUT2D eigenvalue weighted by molar-refractivity contribution is 5.46. The number of halogens is 3. The van der Waals surface area contributed by atoms with Gasteiger partial charge in [-0.2, -0.15) is 0 Å². The first kappa shape index (κ1) is 17.4. The minimum atomic E-state index is -4.75. The summed E-state index contributed by atoms with van der Waals surface area (Å²) in [5.74, 6) is -0.192. The van der Waals surface area contributed by atoms with Gasteiger partial charge in [-0.15, -0.1) is 13.2 Å². The predicted octanol–water partition coefficient (Wildman–Crippen LogP) is 3.05. The summed E-state index contributed by atoms with van der Waals surface area (Å²) in [6.45, 7) is 0.916. The first-order chi connectivity index (χ1) is 11.2. The van der Waals surface area contributed by atoms with Gasteiger partial charge in [0.1, 0.15) is 0 Å². The highest BCUT2D eigenvalue weighted by atomic mass is 19.4. The summed E-state index contributed by atoms with van der Waals surface area (Å²) in [7, 11) is 3.39. The minimum absolute atomic E-state index is 0.0860. The van der Waals surface area contributed by atoms with Gasteiger partial charge in [0.05, 0.1) is 7.11 Å². The zero-order chi connectivity index (χ0) is 17.5. The second kappa shape index (κ2) is 6.11. The standard InChI is InChI=1S/C17H23F3N2O2/c1-22-8-7-16(6-5-12(21)10-15(16)22)11-3-4-13(23-2)14(9-11)24-17(18,19)20/h3-4,9,12,15H,5-8,10,21H2,1-2H3. The maximum atomic E-state index is 12.7. The van der Waals surface area contributed by atoms with Crippen molar-refractivity contribution >= 4 is 0 Å². The summed E-state index contributed by atoms with van der Waals surface area (Å²) in [5, 5.41) is 0. The topological polar surface area (TPSA) is 47.7 Å². The number of hydrogen-bond acceptors (Lipinski definition) is 4. The van der Waals surface area contributed by atoms with Gasteiger partial charge in [0.2, 0.25) is 0 Å². The summed E-state index contributed by atoms with van der Waals surface area (Å²) >= 11 is 0. The van der Waals surface area contributed by atoms with Crippen molar-refractivity contribution < 1.29 is 22.6 Å². The minimum Gasteiger partial charge on any atom is -0.493 e. The number of benzene rings is 1. The maximum Gasteiger partial charge on any atom is 0.573 e. The monoisotopic (exact) mass is 344 g/mol. The summed E-state index contributed by atoms with van der Waals surface area (Å²) in [6.07, 6.45) is -1.21. The van der Waals surface area contributed by atoms with Crippen LogP contribution < -0.4 is 15.2 Å². The molecular weight excluding hydrogens is 321 g/mol. The lowest BCUT2D eigenvalue weighted by Crippen LogP contribution is -2.49. The van der Waals surface area contributed by atoms with Crippen LogP contribution in [0.15, 0.2) is 18.2 Å². The maximum absolute atomic E-state index is 12.7. The van der Waals surface area contributed by atoms with Gasteiger partial charge in [0, 0.05) is 17.5 Å². The van der Waals surface area contributed by atoms with E-state index in [0.29, 0.717) is 0 Å². The molecule has 2 aliphatic rings. The number of nitrogens with two attached hydrogens (primary N) is 1. The van der Waals surface area contributed by atoms with Gasteiger partial charge in [0.15, 0.2) is 11.5 Å². The van der Waals surface area contributed by atoms with Crippen molar-refractivity contribution in [2.24, 2.45) is 5.73 Å². The third kappa shape index (κ3) is 3.07. The Balaban J connectivity index is 2.00. The molecule has 1 aromatic carbocycles. The van der Waals surface area contributed by atoms with E-state index in [4.69, 9.17) is 10.5 Å². The Kier molecular flexibility index (Phi) is 4.42. The number of fused-ring (bicyclic) bond motifs is 1. The fourth-order valence-corrected chi connectivity index (χ4v) is 4.34. The normalized spacial score (nSPS) is 30.9. The zero-order valence-electron chi connectivity index (χ0n) is 13.9. The van der Waals surface area contributed by atoms with E-state index in [2.05, 4.69) is 16.7 Å². The van der Waals surface area contributed by atoms with Crippen LogP contribution in [0.1, 0.15) is 31.2 Å². The molecule has 1 aromatic rings. The molecule has 3 rings (SSSR count). The molecule has 7 heteroatoms. The fourth-order valence-electron chi connectivity index (χ4n) is 4.34. The molecule has 4 nitrogen and oxygen atoms in total. The van der Waals surface area contributed by atoms with Crippen LogP contribution in [0, 0.1) is 0 Å². The van der Waals surface area contributed by atoms with E-state index in [1.54, 1.807) is 6.07 Å². The van der Waals surface area contributed by atoms with Gasteiger partial charge in [-0.1, -0.05) is 6.07 Å². The first-order valence-electron chi connectivity index (χ1n) is 8.15. The third-order valence-electron chi connectivity index (χ3n) is 5.53. The van der Waals surface area contributed by atoms with E-state index >= 15 is 0 Å². The van der Waals surface area contributed by atoms with Gasteiger partial charge in [-0.25, -0.2) is 0 Å². The van der Waals surface area contributed by atoms with Crippen molar-refractivity contribution in [2.45, 2.75) is 49.5 Å². The van der Waals surface area contributed by atoms with Crippen molar-refractivity contribution in [3.05, 3.63) is 23.8 Å². The number of likely N-dealkylation sites (N-methyl/N-ethyl adjacent to an activating group) is 1. The molecule has 1 saturated heterocycles. The zero-order valence-corrected chi connectivity index (χ0v) is 13.9. The molecule has 24 heavy (non-hydrogen) atoms. The van der Waals surface area contributed by atoms with E-state index in [1.165, 1.54) is 13.2 Å². The van der Waals surface area contributed by atoms with Gasteiger partial charge >= 0.3 is 6.36 Å². The molecule has 134 valence electrons. The number of rotatable bonds is 3. The van der Waals surface area contributed by atoms with Crippen LogP contribution in [0.4, 0.5) is 13.2 Å². The smallest absolute Gasteiger partial charge is 0.493 e. The highest BCUT2D eigenvalue weighted by Gasteiger charge is 2.50. The molecule has 0 aromatic heterocycles. The van der Waals surface area contributed by atoms with E-state index in [-0.39, 0.29) is 29.0 Å². The molecule has 0 spiro atoms.